The first kappa shape index (κ1) is 16.8. The summed E-state index contributed by atoms with van der Waals surface area (Å²) >= 11 is 6.10. The molecule has 128 valence electrons. The molecule has 1 amide bonds. The van der Waals surface area contributed by atoms with E-state index < -0.39 is 0 Å². The largest absolute Gasteiger partial charge is 0.482 e. The van der Waals surface area contributed by atoms with Gasteiger partial charge in [-0.15, -0.1) is 0 Å². The molecule has 0 saturated carbocycles. The van der Waals surface area contributed by atoms with Crippen LogP contribution in [0.5, 0.6) is 5.75 Å². The molecule has 24 heavy (non-hydrogen) atoms. The van der Waals surface area contributed by atoms with Gasteiger partial charge in [-0.1, -0.05) is 17.7 Å². The molecule has 6 heteroatoms. The predicted octanol–water partition coefficient (Wildman–Crippen LogP) is 3.17. The van der Waals surface area contributed by atoms with Gasteiger partial charge in [-0.05, 0) is 43.5 Å². The summed E-state index contributed by atoms with van der Waals surface area (Å²) in [5.74, 6) is 1.04. The highest BCUT2D eigenvalue weighted by Crippen LogP contribution is 2.28. The Hall–Kier alpha value is -2.01. The van der Waals surface area contributed by atoms with Crippen LogP contribution in [0.3, 0.4) is 0 Å². The fourth-order valence-corrected chi connectivity index (χ4v) is 3.33. The van der Waals surface area contributed by atoms with Crippen molar-refractivity contribution in [3.63, 3.8) is 0 Å². The van der Waals surface area contributed by atoms with Crippen LogP contribution in [0.15, 0.2) is 30.5 Å². The fourth-order valence-electron chi connectivity index (χ4n) is 3.16. The van der Waals surface area contributed by atoms with Gasteiger partial charge in [-0.2, -0.15) is 5.10 Å². The third-order valence-corrected chi connectivity index (χ3v) is 4.87. The minimum Gasteiger partial charge on any atom is -0.482 e. The summed E-state index contributed by atoms with van der Waals surface area (Å²) in [5, 5.41) is 4.76. The normalized spacial score (nSPS) is 15.5. The Labute approximate surface area is 147 Å². The molecule has 0 aliphatic carbocycles. The van der Waals surface area contributed by atoms with E-state index in [-0.39, 0.29) is 12.5 Å². The molecule has 1 aliphatic rings. The van der Waals surface area contributed by atoms with Crippen molar-refractivity contribution >= 4 is 17.5 Å². The van der Waals surface area contributed by atoms with E-state index >= 15 is 0 Å². The monoisotopic (exact) mass is 347 g/mol. The number of carbonyl (C=O) groups is 1. The van der Waals surface area contributed by atoms with Crippen LogP contribution in [0.25, 0.3) is 0 Å². The number of carbonyl (C=O) groups excluding carboxylic acids is 1. The number of amides is 1. The van der Waals surface area contributed by atoms with Gasteiger partial charge in [-0.3, -0.25) is 9.48 Å². The van der Waals surface area contributed by atoms with Gasteiger partial charge in [0.2, 0.25) is 0 Å². The van der Waals surface area contributed by atoms with Crippen LogP contribution in [0.1, 0.15) is 30.0 Å². The van der Waals surface area contributed by atoms with Gasteiger partial charge >= 0.3 is 0 Å². The zero-order valence-electron chi connectivity index (χ0n) is 14.0. The number of hydrogen-bond acceptors (Lipinski definition) is 3. The van der Waals surface area contributed by atoms with E-state index in [1.807, 2.05) is 41.9 Å². The molecule has 1 aliphatic heterocycles. The van der Waals surface area contributed by atoms with Crippen molar-refractivity contribution in [1.29, 1.82) is 0 Å². The third kappa shape index (κ3) is 3.73. The first-order chi connectivity index (χ1) is 11.5. The van der Waals surface area contributed by atoms with Gasteiger partial charge in [0, 0.05) is 37.9 Å². The van der Waals surface area contributed by atoms with Crippen LogP contribution in [0.2, 0.25) is 5.02 Å². The smallest absolute Gasteiger partial charge is 0.260 e. The number of likely N-dealkylation sites (tertiary alicyclic amines) is 1. The maximum Gasteiger partial charge on any atom is 0.260 e. The van der Waals surface area contributed by atoms with Crippen molar-refractivity contribution in [2.75, 3.05) is 19.7 Å². The van der Waals surface area contributed by atoms with Crippen molar-refractivity contribution in [3.8, 4) is 5.75 Å². The second-order valence-electron chi connectivity index (χ2n) is 6.26. The number of hydrogen-bond donors (Lipinski definition) is 0. The van der Waals surface area contributed by atoms with Gasteiger partial charge in [-0.25, -0.2) is 0 Å². The molecule has 0 N–H and O–H groups in total. The summed E-state index contributed by atoms with van der Waals surface area (Å²) in [6.07, 6.45) is 3.74. The van der Waals surface area contributed by atoms with E-state index in [9.17, 15) is 4.79 Å². The molecule has 3 rings (SSSR count). The number of halogens is 1. The summed E-state index contributed by atoms with van der Waals surface area (Å²) in [4.78, 5) is 14.2. The van der Waals surface area contributed by atoms with Crippen LogP contribution in [-0.4, -0.2) is 40.3 Å². The molecule has 0 radical (unpaired) electrons. The van der Waals surface area contributed by atoms with E-state index in [0.29, 0.717) is 16.7 Å². The van der Waals surface area contributed by atoms with Gasteiger partial charge < -0.3 is 9.64 Å². The molecule has 5 nitrogen and oxygen atoms in total. The van der Waals surface area contributed by atoms with Crippen molar-refractivity contribution in [2.24, 2.45) is 7.05 Å². The molecular weight excluding hydrogens is 326 g/mol. The topological polar surface area (TPSA) is 47.4 Å². The Kier molecular flexibility index (Phi) is 5.09. The average Bonchev–Trinajstić information content (AvgIpc) is 3.01. The highest BCUT2D eigenvalue weighted by atomic mass is 35.5. The van der Waals surface area contributed by atoms with Crippen molar-refractivity contribution in [2.45, 2.75) is 25.7 Å². The SMILES string of the molecule is Cc1ccc(Cl)c(OCC(=O)N2CCC(c3ccnn3C)CC2)c1. The Morgan fingerprint density at radius 1 is 1.33 bits per heavy atom. The molecule has 0 unspecified atom stereocenters. The lowest BCUT2D eigenvalue weighted by Gasteiger charge is -2.32. The molecular formula is C18H22ClN3O2. The second-order valence-corrected chi connectivity index (χ2v) is 6.66. The summed E-state index contributed by atoms with van der Waals surface area (Å²) in [7, 11) is 1.96. The predicted molar refractivity (Wildman–Crippen MR) is 93.4 cm³/mol. The highest BCUT2D eigenvalue weighted by molar-refractivity contribution is 6.32. The second kappa shape index (κ2) is 7.26. The van der Waals surface area contributed by atoms with E-state index in [1.165, 1.54) is 5.69 Å². The lowest BCUT2D eigenvalue weighted by molar-refractivity contribution is -0.134. The maximum absolute atomic E-state index is 12.4. The molecule has 1 aromatic heterocycles. The quantitative estimate of drug-likeness (QED) is 0.853. The summed E-state index contributed by atoms with van der Waals surface area (Å²) in [6.45, 7) is 3.49. The van der Waals surface area contributed by atoms with Crippen LogP contribution in [-0.2, 0) is 11.8 Å². The molecule has 2 heterocycles. The van der Waals surface area contributed by atoms with Gasteiger partial charge in [0.05, 0.1) is 5.02 Å². The Bertz CT molecular complexity index is 721. The molecule has 0 spiro atoms. The lowest BCUT2D eigenvalue weighted by Crippen LogP contribution is -2.40. The van der Waals surface area contributed by atoms with Crippen molar-refractivity contribution < 1.29 is 9.53 Å². The first-order valence-electron chi connectivity index (χ1n) is 8.19. The number of aryl methyl sites for hydroxylation is 2. The van der Waals surface area contributed by atoms with Crippen LogP contribution >= 0.6 is 11.6 Å². The maximum atomic E-state index is 12.4. The average molecular weight is 348 g/mol. The highest BCUT2D eigenvalue weighted by Gasteiger charge is 2.25. The zero-order valence-corrected chi connectivity index (χ0v) is 14.8. The zero-order chi connectivity index (χ0) is 17.1. The molecule has 1 saturated heterocycles. The number of rotatable bonds is 4. The number of piperidine rings is 1. The fraction of sp³-hybridized carbons (Fsp3) is 0.444. The molecule has 1 fully saturated rings. The standard InChI is InChI=1S/C18H22ClN3O2/c1-13-3-4-15(19)17(11-13)24-12-18(23)22-9-6-14(7-10-22)16-5-8-20-21(16)2/h3-5,8,11,14H,6-7,9-10,12H2,1-2H3. The first-order valence-corrected chi connectivity index (χ1v) is 8.57. The van der Waals surface area contributed by atoms with Crippen LogP contribution < -0.4 is 4.74 Å². The summed E-state index contributed by atoms with van der Waals surface area (Å²) in [6, 6.07) is 7.62. The van der Waals surface area contributed by atoms with Crippen molar-refractivity contribution in [3.05, 3.63) is 46.7 Å². The van der Waals surface area contributed by atoms with Gasteiger partial charge in [0.25, 0.3) is 5.91 Å². The number of benzene rings is 1. The van der Waals surface area contributed by atoms with E-state index in [4.69, 9.17) is 16.3 Å². The lowest BCUT2D eigenvalue weighted by atomic mass is 9.93. The van der Waals surface area contributed by atoms with Crippen LogP contribution in [0, 0.1) is 6.92 Å². The molecule has 0 bridgehead atoms. The van der Waals surface area contributed by atoms with Gasteiger partial charge in [0.1, 0.15) is 5.75 Å². The van der Waals surface area contributed by atoms with E-state index in [2.05, 4.69) is 11.2 Å². The van der Waals surface area contributed by atoms with Gasteiger partial charge in [0.15, 0.2) is 6.61 Å². The minimum absolute atomic E-state index is 0.0102. The Morgan fingerprint density at radius 2 is 2.08 bits per heavy atom. The summed E-state index contributed by atoms with van der Waals surface area (Å²) in [5.41, 5.74) is 2.30. The van der Waals surface area contributed by atoms with E-state index in [0.717, 1.165) is 31.5 Å². The molecule has 1 aromatic carbocycles. The number of nitrogens with zero attached hydrogens (tertiary/aromatic N) is 3. The Balaban J connectivity index is 1.52. The van der Waals surface area contributed by atoms with Crippen molar-refractivity contribution in [1.82, 2.24) is 14.7 Å². The third-order valence-electron chi connectivity index (χ3n) is 4.56. The number of ether oxygens (including phenoxy) is 1. The molecule has 0 atom stereocenters. The van der Waals surface area contributed by atoms with E-state index in [1.54, 1.807) is 6.07 Å². The Morgan fingerprint density at radius 3 is 2.75 bits per heavy atom. The minimum atomic E-state index is 0.0102. The molecule has 2 aromatic rings. The number of aromatic nitrogens is 2. The van der Waals surface area contributed by atoms with Crippen LogP contribution in [0.4, 0.5) is 0 Å². The summed E-state index contributed by atoms with van der Waals surface area (Å²) < 4.78 is 7.54.